The number of hydrogen-bond donors (Lipinski definition) is 2. The summed E-state index contributed by atoms with van der Waals surface area (Å²) in [4.78, 5) is 28.8. The zero-order chi connectivity index (χ0) is 20.6. The van der Waals surface area contributed by atoms with Gasteiger partial charge in [-0.05, 0) is 35.7 Å². The summed E-state index contributed by atoms with van der Waals surface area (Å²) in [7, 11) is 2.99. The topological polar surface area (TPSA) is 83.1 Å². The fourth-order valence-corrected chi connectivity index (χ4v) is 3.94. The minimum atomic E-state index is -0.454. The Morgan fingerprint density at radius 2 is 1.79 bits per heavy atom. The first-order valence-corrected chi connectivity index (χ1v) is 10.3. The third kappa shape index (κ3) is 5.61. The lowest BCUT2D eigenvalue weighted by molar-refractivity contribution is 0.0607. The summed E-state index contributed by atoms with van der Waals surface area (Å²) < 4.78 is 9.92. The molecule has 9 heteroatoms. The molecule has 0 saturated carbocycles. The molecule has 0 spiro atoms. The van der Waals surface area contributed by atoms with E-state index in [-0.39, 0.29) is 6.03 Å². The third-order valence-electron chi connectivity index (χ3n) is 4.81. The highest BCUT2D eigenvalue weighted by Gasteiger charge is 2.18. The summed E-state index contributed by atoms with van der Waals surface area (Å²) in [5.41, 5.74) is 1.66. The van der Waals surface area contributed by atoms with E-state index < -0.39 is 5.97 Å². The Labute approximate surface area is 174 Å². The SMILES string of the molecule is COC(=O)c1sccc1NC(=O)NCCN1CCN(c2ccc(OC)cc2)CC1. The van der Waals surface area contributed by atoms with Crippen molar-refractivity contribution in [2.75, 3.05) is 63.7 Å². The van der Waals surface area contributed by atoms with Crippen LogP contribution in [0.3, 0.4) is 0 Å². The van der Waals surface area contributed by atoms with Gasteiger partial charge >= 0.3 is 12.0 Å². The number of nitrogens with zero attached hydrogens (tertiary/aromatic N) is 2. The number of amides is 2. The van der Waals surface area contributed by atoms with Crippen LogP contribution in [0.4, 0.5) is 16.2 Å². The number of ether oxygens (including phenoxy) is 2. The lowest BCUT2D eigenvalue weighted by Gasteiger charge is -2.36. The molecule has 0 unspecified atom stereocenters. The van der Waals surface area contributed by atoms with Crippen molar-refractivity contribution in [2.45, 2.75) is 0 Å². The van der Waals surface area contributed by atoms with Crippen LogP contribution in [0.2, 0.25) is 0 Å². The Balaban J connectivity index is 1.38. The van der Waals surface area contributed by atoms with E-state index in [1.807, 2.05) is 12.1 Å². The molecule has 8 nitrogen and oxygen atoms in total. The van der Waals surface area contributed by atoms with Gasteiger partial charge in [0.1, 0.15) is 10.6 Å². The van der Waals surface area contributed by atoms with Crippen molar-refractivity contribution in [3.05, 3.63) is 40.6 Å². The number of carbonyl (C=O) groups is 2. The van der Waals surface area contributed by atoms with Crippen molar-refractivity contribution in [3.63, 3.8) is 0 Å². The van der Waals surface area contributed by atoms with Crippen LogP contribution in [0.1, 0.15) is 9.67 Å². The van der Waals surface area contributed by atoms with Crippen LogP contribution in [-0.2, 0) is 4.74 Å². The number of benzene rings is 1. The second-order valence-corrected chi connectivity index (χ2v) is 7.48. The average molecular weight is 419 g/mol. The van der Waals surface area contributed by atoms with Gasteiger partial charge in [-0.2, -0.15) is 0 Å². The van der Waals surface area contributed by atoms with Gasteiger partial charge in [-0.1, -0.05) is 0 Å². The fraction of sp³-hybridized carbons (Fsp3) is 0.400. The van der Waals surface area contributed by atoms with Gasteiger partial charge in [-0.25, -0.2) is 9.59 Å². The monoisotopic (exact) mass is 418 g/mol. The average Bonchev–Trinajstić information content (AvgIpc) is 3.21. The van der Waals surface area contributed by atoms with Gasteiger partial charge in [-0.15, -0.1) is 11.3 Å². The molecule has 1 fully saturated rings. The predicted molar refractivity (Wildman–Crippen MR) is 114 cm³/mol. The van der Waals surface area contributed by atoms with Crippen LogP contribution < -0.4 is 20.3 Å². The molecule has 2 aromatic rings. The van der Waals surface area contributed by atoms with Crippen molar-refractivity contribution >= 4 is 34.7 Å². The Kier molecular flexibility index (Phi) is 7.31. The first-order chi connectivity index (χ1) is 14.1. The van der Waals surface area contributed by atoms with Crippen molar-refractivity contribution < 1.29 is 19.1 Å². The van der Waals surface area contributed by atoms with E-state index in [4.69, 9.17) is 9.47 Å². The van der Waals surface area contributed by atoms with E-state index in [1.54, 1.807) is 18.6 Å². The summed E-state index contributed by atoms with van der Waals surface area (Å²) >= 11 is 1.23. The highest BCUT2D eigenvalue weighted by atomic mass is 32.1. The molecule has 0 radical (unpaired) electrons. The van der Waals surface area contributed by atoms with Gasteiger partial charge in [0.15, 0.2) is 0 Å². The van der Waals surface area contributed by atoms with Gasteiger partial charge in [0.05, 0.1) is 19.9 Å². The molecule has 0 atom stereocenters. The highest BCUT2D eigenvalue weighted by molar-refractivity contribution is 7.12. The van der Waals surface area contributed by atoms with Gasteiger partial charge in [0.25, 0.3) is 0 Å². The van der Waals surface area contributed by atoms with Crippen LogP contribution in [-0.4, -0.2) is 70.4 Å². The molecule has 2 amide bonds. The molecule has 1 aromatic heterocycles. The summed E-state index contributed by atoms with van der Waals surface area (Å²) in [5.74, 6) is 0.405. The van der Waals surface area contributed by atoms with Crippen LogP contribution in [0.15, 0.2) is 35.7 Å². The highest BCUT2D eigenvalue weighted by Crippen LogP contribution is 2.23. The molecule has 1 saturated heterocycles. The molecule has 1 aliphatic rings. The first kappa shape index (κ1) is 20.9. The molecule has 29 heavy (non-hydrogen) atoms. The van der Waals surface area contributed by atoms with Crippen molar-refractivity contribution in [1.82, 2.24) is 10.2 Å². The molecular weight excluding hydrogens is 392 g/mol. The lowest BCUT2D eigenvalue weighted by Crippen LogP contribution is -2.48. The minimum Gasteiger partial charge on any atom is -0.497 e. The quantitative estimate of drug-likeness (QED) is 0.673. The zero-order valence-electron chi connectivity index (χ0n) is 16.6. The predicted octanol–water partition coefficient (Wildman–Crippen LogP) is 2.49. The van der Waals surface area contributed by atoms with Gasteiger partial charge in [0, 0.05) is 45.0 Å². The van der Waals surface area contributed by atoms with Crippen LogP contribution in [0.25, 0.3) is 0 Å². The number of methoxy groups -OCH3 is 2. The fourth-order valence-electron chi connectivity index (χ4n) is 3.18. The smallest absolute Gasteiger partial charge is 0.350 e. The van der Waals surface area contributed by atoms with Gasteiger partial charge < -0.3 is 25.0 Å². The Bertz CT molecular complexity index is 816. The summed E-state index contributed by atoms with van der Waals surface area (Å²) in [6.07, 6.45) is 0. The summed E-state index contributed by atoms with van der Waals surface area (Å²) in [5, 5.41) is 7.29. The van der Waals surface area contributed by atoms with Crippen LogP contribution in [0.5, 0.6) is 5.75 Å². The molecule has 1 aromatic carbocycles. The summed E-state index contributed by atoms with van der Waals surface area (Å²) in [6.45, 7) is 5.06. The van der Waals surface area contributed by atoms with Gasteiger partial charge in [-0.3, -0.25) is 4.90 Å². The van der Waals surface area contributed by atoms with Crippen LogP contribution in [0, 0.1) is 0 Å². The van der Waals surface area contributed by atoms with Gasteiger partial charge in [0.2, 0.25) is 0 Å². The van der Waals surface area contributed by atoms with Crippen molar-refractivity contribution in [1.29, 1.82) is 0 Å². The van der Waals surface area contributed by atoms with E-state index >= 15 is 0 Å². The van der Waals surface area contributed by atoms with Crippen LogP contribution >= 0.6 is 11.3 Å². The van der Waals surface area contributed by atoms with E-state index in [2.05, 4.69) is 32.6 Å². The third-order valence-corrected chi connectivity index (χ3v) is 5.70. The second-order valence-electron chi connectivity index (χ2n) is 6.56. The maximum atomic E-state index is 12.1. The molecule has 3 rings (SSSR count). The zero-order valence-corrected chi connectivity index (χ0v) is 17.5. The number of nitrogens with one attached hydrogen (secondary N) is 2. The number of thiophene rings is 1. The Hall–Kier alpha value is -2.78. The molecule has 0 aliphatic carbocycles. The molecule has 1 aliphatic heterocycles. The van der Waals surface area contributed by atoms with E-state index in [9.17, 15) is 9.59 Å². The summed E-state index contributed by atoms with van der Waals surface area (Å²) in [6, 6.07) is 9.47. The first-order valence-electron chi connectivity index (χ1n) is 9.42. The second kappa shape index (κ2) is 10.1. The largest absolute Gasteiger partial charge is 0.497 e. The maximum Gasteiger partial charge on any atom is 0.350 e. The number of piperazine rings is 1. The Morgan fingerprint density at radius 3 is 2.45 bits per heavy atom. The molecule has 2 heterocycles. The Morgan fingerprint density at radius 1 is 1.07 bits per heavy atom. The van der Waals surface area contributed by atoms with E-state index in [1.165, 1.54) is 24.1 Å². The number of esters is 1. The molecule has 0 bridgehead atoms. The standard InChI is InChI=1S/C20H26N4O4S/c1-27-16-5-3-15(4-6-16)24-12-10-23(11-13-24)9-8-21-20(26)22-17-7-14-29-18(17)19(25)28-2/h3-7,14H,8-13H2,1-2H3,(H2,21,22,26). The number of hydrogen-bond acceptors (Lipinski definition) is 7. The number of urea groups is 1. The van der Waals surface area contributed by atoms with E-state index in [0.717, 1.165) is 38.5 Å². The van der Waals surface area contributed by atoms with Crippen molar-refractivity contribution in [3.8, 4) is 5.75 Å². The normalized spacial score (nSPS) is 14.3. The lowest BCUT2D eigenvalue weighted by atomic mass is 10.2. The van der Waals surface area contributed by atoms with E-state index in [0.29, 0.717) is 17.1 Å². The number of rotatable bonds is 7. The number of anilines is 2. The molecular formula is C20H26N4O4S. The van der Waals surface area contributed by atoms with Crippen molar-refractivity contribution in [2.24, 2.45) is 0 Å². The minimum absolute atomic E-state index is 0.328. The molecule has 156 valence electrons. The molecule has 2 N–H and O–H groups in total. The maximum absolute atomic E-state index is 12.1. The number of carbonyl (C=O) groups excluding carboxylic acids is 2.